The Balaban J connectivity index is 2.38. The first-order valence-corrected chi connectivity index (χ1v) is 6.42. The van der Waals surface area contributed by atoms with E-state index in [4.69, 9.17) is 15.2 Å². The third-order valence-electron chi connectivity index (χ3n) is 2.71. The molecule has 1 amide bonds. The van der Waals surface area contributed by atoms with Gasteiger partial charge in [-0.2, -0.15) is 0 Å². The van der Waals surface area contributed by atoms with E-state index in [0.29, 0.717) is 13.2 Å². The SMILES string of the molecule is COCC(N)CN(C)CC(=O)Nc1ccc(OC)cc1. The van der Waals surface area contributed by atoms with Crippen LogP contribution in [-0.2, 0) is 9.53 Å². The number of hydrogen-bond donors (Lipinski definition) is 2. The fraction of sp³-hybridized carbons (Fsp3) is 0.500. The van der Waals surface area contributed by atoms with E-state index in [1.807, 2.05) is 11.9 Å². The number of nitrogens with zero attached hydrogens (tertiary/aromatic N) is 1. The highest BCUT2D eigenvalue weighted by atomic mass is 16.5. The molecule has 1 atom stereocenters. The number of nitrogens with two attached hydrogens (primary N) is 1. The molecule has 0 bridgehead atoms. The van der Waals surface area contributed by atoms with Gasteiger partial charge in [-0.1, -0.05) is 0 Å². The first-order chi connectivity index (χ1) is 9.55. The third-order valence-corrected chi connectivity index (χ3v) is 2.71. The van der Waals surface area contributed by atoms with Crippen molar-refractivity contribution in [1.82, 2.24) is 4.90 Å². The monoisotopic (exact) mass is 281 g/mol. The summed E-state index contributed by atoms with van der Waals surface area (Å²) < 4.78 is 10.0. The maximum absolute atomic E-state index is 11.9. The van der Waals surface area contributed by atoms with Crippen molar-refractivity contribution in [1.29, 1.82) is 0 Å². The van der Waals surface area contributed by atoms with Crippen molar-refractivity contribution in [3.63, 3.8) is 0 Å². The van der Waals surface area contributed by atoms with Crippen molar-refractivity contribution >= 4 is 11.6 Å². The lowest BCUT2D eigenvalue weighted by Gasteiger charge is -2.20. The van der Waals surface area contributed by atoms with E-state index < -0.39 is 0 Å². The average Bonchev–Trinajstić information content (AvgIpc) is 2.39. The Morgan fingerprint density at radius 2 is 2.00 bits per heavy atom. The second-order valence-electron chi connectivity index (χ2n) is 4.69. The zero-order chi connectivity index (χ0) is 15.0. The number of ether oxygens (including phenoxy) is 2. The van der Waals surface area contributed by atoms with E-state index >= 15 is 0 Å². The lowest BCUT2D eigenvalue weighted by Crippen LogP contribution is -2.41. The molecular formula is C14H23N3O3. The van der Waals surface area contributed by atoms with Crippen LogP contribution in [0.2, 0.25) is 0 Å². The number of methoxy groups -OCH3 is 2. The second-order valence-corrected chi connectivity index (χ2v) is 4.69. The molecular weight excluding hydrogens is 258 g/mol. The van der Waals surface area contributed by atoms with E-state index in [9.17, 15) is 4.79 Å². The topological polar surface area (TPSA) is 76.8 Å². The molecule has 0 aromatic heterocycles. The molecule has 1 unspecified atom stereocenters. The van der Waals surface area contributed by atoms with Gasteiger partial charge in [0.2, 0.25) is 5.91 Å². The number of carbonyl (C=O) groups excluding carboxylic acids is 1. The first kappa shape index (κ1) is 16.4. The van der Waals surface area contributed by atoms with Gasteiger partial charge in [-0.25, -0.2) is 0 Å². The van der Waals surface area contributed by atoms with E-state index in [1.165, 1.54) is 0 Å². The van der Waals surface area contributed by atoms with Gasteiger partial charge in [0.25, 0.3) is 0 Å². The van der Waals surface area contributed by atoms with Gasteiger partial charge in [-0.3, -0.25) is 9.69 Å². The van der Waals surface area contributed by atoms with Crippen molar-refractivity contribution in [3.8, 4) is 5.75 Å². The molecule has 0 radical (unpaired) electrons. The summed E-state index contributed by atoms with van der Waals surface area (Å²) >= 11 is 0. The van der Waals surface area contributed by atoms with Crippen LogP contribution in [0.1, 0.15) is 0 Å². The number of hydrogen-bond acceptors (Lipinski definition) is 5. The summed E-state index contributed by atoms with van der Waals surface area (Å²) in [6.07, 6.45) is 0. The maximum atomic E-state index is 11.9. The number of anilines is 1. The van der Waals surface area contributed by atoms with Crippen LogP contribution in [0.15, 0.2) is 24.3 Å². The Kier molecular flexibility index (Phi) is 7.00. The van der Waals surface area contributed by atoms with Crippen molar-refractivity contribution in [2.24, 2.45) is 5.73 Å². The fourth-order valence-electron chi connectivity index (χ4n) is 1.85. The normalized spacial score (nSPS) is 12.2. The number of rotatable bonds is 8. The average molecular weight is 281 g/mol. The smallest absolute Gasteiger partial charge is 0.238 e. The third kappa shape index (κ3) is 6.01. The van der Waals surface area contributed by atoms with Crippen molar-refractivity contribution in [2.45, 2.75) is 6.04 Å². The quantitative estimate of drug-likeness (QED) is 0.727. The molecule has 6 heteroatoms. The number of benzene rings is 1. The van der Waals surface area contributed by atoms with Crippen molar-refractivity contribution in [2.75, 3.05) is 46.3 Å². The summed E-state index contributed by atoms with van der Waals surface area (Å²) in [5.74, 6) is 0.674. The van der Waals surface area contributed by atoms with Gasteiger partial charge in [0.05, 0.1) is 20.3 Å². The Morgan fingerprint density at radius 1 is 1.35 bits per heavy atom. The van der Waals surface area contributed by atoms with E-state index in [1.54, 1.807) is 38.5 Å². The molecule has 20 heavy (non-hydrogen) atoms. The molecule has 112 valence electrons. The summed E-state index contributed by atoms with van der Waals surface area (Å²) in [6.45, 7) is 1.36. The van der Waals surface area contributed by atoms with Crippen LogP contribution in [0.25, 0.3) is 0 Å². The molecule has 3 N–H and O–H groups in total. The first-order valence-electron chi connectivity index (χ1n) is 6.42. The predicted octanol–water partition coefficient (Wildman–Crippen LogP) is 0.539. The Labute approximate surface area is 119 Å². The van der Waals surface area contributed by atoms with Gasteiger partial charge >= 0.3 is 0 Å². The summed E-state index contributed by atoms with van der Waals surface area (Å²) in [5, 5.41) is 2.82. The molecule has 6 nitrogen and oxygen atoms in total. The second kappa shape index (κ2) is 8.52. The number of likely N-dealkylation sites (N-methyl/N-ethyl adjacent to an activating group) is 1. The number of amides is 1. The largest absolute Gasteiger partial charge is 0.497 e. The lowest BCUT2D eigenvalue weighted by molar-refractivity contribution is -0.117. The molecule has 1 rings (SSSR count). The Morgan fingerprint density at radius 3 is 2.55 bits per heavy atom. The van der Waals surface area contributed by atoms with Gasteiger partial charge < -0.3 is 20.5 Å². The molecule has 0 saturated carbocycles. The zero-order valence-corrected chi connectivity index (χ0v) is 12.3. The minimum Gasteiger partial charge on any atom is -0.497 e. The van der Waals surface area contributed by atoms with Gasteiger partial charge in [-0.15, -0.1) is 0 Å². The minimum atomic E-state index is -0.0983. The standard InChI is InChI=1S/C14H23N3O3/c1-17(8-11(15)10-19-2)9-14(18)16-12-4-6-13(20-3)7-5-12/h4-7,11H,8-10,15H2,1-3H3,(H,16,18). The Hall–Kier alpha value is -1.63. The van der Waals surface area contributed by atoms with Crippen LogP contribution in [0.5, 0.6) is 5.75 Å². The molecule has 0 fully saturated rings. The van der Waals surface area contributed by atoms with Gasteiger partial charge in [-0.05, 0) is 31.3 Å². The fourth-order valence-corrected chi connectivity index (χ4v) is 1.85. The maximum Gasteiger partial charge on any atom is 0.238 e. The number of nitrogens with one attached hydrogen (secondary N) is 1. The zero-order valence-electron chi connectivity index (χ0n) is 12.3. The van der Waals surface area contributed by atoms with Crippen molar-refractivity contribution < 1.29 is 14.3 Å². The molecule has 1 aromatic carbocycles. The predicted molar refractivity (Wildman–Crippen MR) is 79.0 cm³/mol. The van der Waals surface area contributed by atoms with Crippen LogP contribution in [-0.4, -0.2) is 57.8 Å². The molecule has 1 aromatic rings. The molecule has 0 saturated heterocycles. The highest BCUT2D eigenvalue weighted by molar-refractivity contribution is 5.92. The summed E-state index contributed by atoms with van der Waals surface area (Å²) in [7, 11) is 5.06. The number of carbonyl (C=O) groups is 1. The summed E-state index contributed by atoms with van der Waals surface area (Å²) in [6, 6.07) is 7.10. The van der Waals surface area contributed by atoms with Gasteiger partial charge in [0.15, 0.2) is 0 Å². The summed E-state index contributed by atoms with van der Waals surface area (Å²) in [5.41, 5.74) is 6.57. The van der Waals surface area contributed by atoms with Gasteiger partial charge in [0, 0.05) is 25.4 Å². The molecule has 0 aliphatic heterocycles. The Bertz CT molecular complexity index is 409. The summed E-state index contributed by atoms with van der Waals surface area (Å²) in [4.78, 5) is 13.7. The van der Waals surface area contributed by atoms with Crippen LogP contribution in [0.4, 0.5) is 5.69 Å². The molecule has 0 heterocycles. The van der Waals surface area contributed by atoms with Crippen LogP contribution >= 0.6 is 0 Å². The highest BCUT2D eigenvalue weighted by Gasteiger charge is 2.10. The molecule has 0 aliphatic rings. The molecule has 0 aliphatic carbocycles. The van der Waals surface area contributed by atoms with E-state index in [0.717, 1.165) is 11.4 Å². The minimum absolute atomic E-state index is 0.0812. The highest BCUT2D eigenvalue weighted by Crippen LogP contribution is 2.14. The molecule has 0 spiro atoms. The van der Waals surface area contributed by atoms with Gasteiger partial charge in [0.1, 0.15) is 5.75 Å². The lowest BCUT2D eigenvalue weighted by atomic mass is 10.3. The van der Waals surface area contributed by atoms with Crippen molar-refractivity contribution in [3.05, 3.63) is 24.3 Å². The van der Waals surface area contributed by atoms with E-state index in [-0.39, 0.29) is 18.5 Å². The van der Waals surface area contributed by atoms with Crippen LogP contribution in [0, 0.1) is 0 Å². The van der Waals surface area contributed by atoms with Crippen LogP contribution in [0.3, 0.4) is 0 Å². The van der Waals surface area contributed by atoms with E-state index in [2.05, 4.69) is 5.32 Å². The van der Waals surface area contributed by atoms with Crippen LogP contribution < -0.4 is 15.8 Å².